The number of hydrogen-bond donors (Lipinski definition) is 0. The van der Waals surface area contributed by atoms with Crippen LogP contribution >= 0.6 is 15.9 Å². The van der Waals surface area contributed by atoms with E-state index < -0.39 is 0 Å². The lowest BCUT2D eigenvalue weighted by Gasteiger charge is -2.11. The third-order valence-electron chi connectivity index (χ3n) is 2.52. The van der Waals surface area contributed by atoms with Gasteiger partial charge in [0.15, 0.2) is 0 Å². The molecule has 1 atom stereocenters. The summed E-state index contributed by atoms with van der Waals surface area (Å²) in [6.07, 6.45) is 1.21. The van der Waals surface area contributed by atoms with E-state index in [2.05, 4.69) is 46.7 Å². The van der Waals surface area contributed by atoms with Gasteiger partial charge in [-0.25, -0.2) is 0 Å². The minimum Gasteiger partial charge on any atom is -0.361 e. The molecule has 0 heterocycles. The van der Waals surface area contributed by atoms with Gasteiger partial charge in [0.1, 0.15) is 0 Å². The predicted molar refractivity (Wildman–Crippen MR) is 71.5 cm³/mol. The minimum absolute atomic E-state index is 0.0494. The lowest BCUT2D eigenvalue weighted by Crippen LogP contribution is -2.04. The molecule has 0 saturated heterocycles. The van der Waals surface area contributed by atoms with Crippen LogP contribution in [0.2, 0.25) is 0 Å². The average Bonchev–Trinajstić information content (AvgIpc) is 2.29. The molecule has 0 fully saturated rings. The normalized spacial score (nSPS) is 12.0. The number of carbonyl (C=O) groups excluding carboxylic acids is 1. The van der Waals surface area contributed by atoms with Gasteiger partial charge >= 0.3 is 6.21 Å². The molecule has 0 aliphatic rings. The Morgan fingerprint density at radius 2 is 2.12 bits per heavy atom. The molecule has 0 N–H and O–H groups in total. The van der Waals surface area contributed by atoms with E-state index in [1.54, 1.807) is 0 Å². The highest BCUT2D eigenvalue weighted by Gasteiger charge is 2.14. The van der Waals surface area contributed by atoms with E-state index in [0.717, 1.165) is 11.8 Å². The summed E-state index contributed by atoms with van der Waals surface area (Å²) < 4.78 is 0. The number of ketones is 1. The quantitative estimate of drug-likeness (QED) is 0.355. The standard InChI is InChI=1S/C13H15BrN2O/c1-9(2)10-4-3-5-11(6-10)13(14)7-12(17)8-16-15/h3-6,8-9,13H,7H2,1-2H3. The van der Waals surface area contributed by atoms with E-state index in [9.17, 15) is 4.79 Å². The SMILES string of the molecule is CC(C)c1cccc(C(Br)CC(=O)C=[N+]=[N-])c1. The summed E-state index contributed by atoms with van der Waals surface area (Å²) in [4.78, 5) is 14.0. The van der Waals surface area contributed by atoms with Gasteiger partial charge in [0.25, 0.3) is 0 Å². The fourth-order valence-corrected chi connectivity index (χ4v) is 2.13. The van der Waals surface area contributed by atoms with Crippen molar-refractivity contribution in [1.29, 1.82) is 0 Å². The third-order valence-corrected chi connectivity index (χ3v) is 3.37. The number of hydrogen-bond acceptors (Lipinski definition) is 1. The smallest absolute Gasteiger partial charge is 0.323 e. The van der Waals surface area contributed by atoms with Crippen molar-refractivity contribution in [3.63, 3.8) is 0 Å². The molecular weight excluding hydrogens is 280 g/mol. The van der Waals surface area contributed by atoms with Gasteiger partial charge in [0.2, 0.25) is 5.78 Å². The van der Waals surface area contributed by atoms with Crippen molar-refractivity contribution in [3.8, 4) is 0 Å². The van der Waals surface area contributed by atoms with Crippen molar-refractivity contribution >= 4 is 27.9 Å². The van der Waals surface area contributed by atoms with Crippen LogP contribution in [0.3, 0.4) is 0 Å². The van der Waals surface area contributed by atoms with E-state index in [4.69, 9.17) is 5.53 Å². The van der Waals surface area contributed by atoms with Crippen LogP contribution < -0.4 is 0 Å². The molecule has 1 aromatic carbocycles. The highest BCUT2D eigenvalue weighted by Crippen LogP contribution is 2.28. The fourth-order valence-electron chi connectivity index (χ4n) is 1.52. The molecule has 0 amide bonds. The Bertz CT molecular complexity index is 450. The van der Waals surface area contributed by atoms with E-state index in [1.807, 2.05) is 12.1 Å². The van der Waals surface area contributed by atoms with Gasteiger partial charge in [-0.15, -0.1) is 0 Å². The lowest BCUT2D eigenvalue weighted by molar-refractivity contribution is -0.116. The average molecular weight is 295 g/mol. The molecule has 0 aliphatic heterocycles. The highest BCUT2D eigenvalue weighted by molar-refractivity contribution is 9.09. The third kappa shape index (κ3) is 4.25. The number of benzene rings is 1. The number of alkyl halides is 1. The largest absolute Gasteiger partial charge is 0.361 e. The van der Waals surface area contributed by atoms with Gasteiger partial charge in [0.05, 0.1) is 0 Å². The number of halogens is 1. The Morgan fingerprint density at radius 3 is 2.71 bits per heavy atom. The van der Waals surface area contributed by atoms with E-state index in [1.165, 1.54) is 5.56 Å². The van der Waals surface area contributed by atoms with Crippen LogP contribution in [0.25, 0.3) is 5.53 Å². The van der Waals surface area contributed by atoms with Crippen molar-refractivity contribution in [2.75, 3.05) is 0 Å². The van der Waals surface area contributed by atoms with Crippen molar-refractivity contribution in [1.82, 2.24) is 0 Å². The van der Waals surface area contributed by atoms with Crippen molar-refractivity contribution in [2.45, 2.75) is 31.0 Å². The Labute approximate surface area is 110 Å². The van der Waals surface area contributed by atoms with Gasteiger partial charge in [-0.3, -0.25) is 4.79 Å². The minimum atomic E-state index is -0.204. The Morgan fingerprint density at radius 1 is 1.47 bits per heavy atom. The van der Waals surface area contributed by atoms with Gasteiger partial charge in [-0.1, -0.05) is 54.0 Å². The molecule has 0 aromatic heterocycles. The lowest BCUT2D eigenvalue weighted by atomic mass is 9.98. The summed E-state index contributed by atoms with van der Waals surface area (Å²) in [6, 6.07) is 8.14. The Hall–Kier alpha value is -1.25. The molecule has 0 aliphatic carbocycles. The van der Waals surface area contributed by atoms with Crippen LogP contribution in [-0.2, 0) is 4.79 Å². The first-order valence-electron chi connectivity index (χ1n) is 5.48. The van der Waals surface area contributed by atoms with Crippen molar-refractivity contribution in [3.05, 3.63) is 40.9 Å². The maximum Gasteiger partial charge on any atom is 0.323 e. The summed E-state index contributed by atoms with van der Waals surface area (Å²) in [7, 11) is 0. The number of Topliss-reactive ketones (excluding diaryl/α,β-unsaturated/α-hetero) is 1. The molecule has 1 unspecified atom stereocenters. The second-order valence-corrected chi connectivity index (χ2v) is 5.31. The van der Waals surface area contributed by atoms with Crippen LogP contribution in [0.1, 0.15) is 42.1 Å². The van der Waals surface area contributed by atoms with E-state index in [0.29, 0.717) is 5.92 Å². The molecule has 0 bridgehead atoms. The Kier molecular flexibility index (Phi) is 5.26. The first-order valence-corrected chi connectivity index (χ1v) is 6.40. The molecular formula is C13H15BrN2O. The molecule has 90 valence electrons. The predicted octanol–water partition coefficient (Wildman–Crippen LogP) is 3.51. The topological polar surface area (TPSA) is 53.5 Å². The van der Waals surface area contributed by atoms with Gasteiger partial charge in [-0.2, -0.15) is 4.79 Å². The highest BCUT2D eigenvalue weighted by atomic mass is 79.9. The van der Waals surface area contributed by atoms with Crippen LogP contribution in [0.15, 0.2) is 24.3 Å². The van der Waals surface area contributed by atoms with Crippen LogP contribution in [0, 0.1) is 0 Å². The molecule has 0 spiro atoms. The summed E-state index contributed by atoms with van der Waals surface area (Å²) in [5.74, 6) is 0.258. The van der Waals surface area contributed by atoms with Crippen molar-refractivity contribution in [2.24, 2.45) is 0 Å². The second-order valence-electron chi connectivity index (χ2n) is 4.21. The summed E-state index contributed by atoms with van der Waals surface area (Å²) in [6.45, 7) is 4.26. The van der Waals surface area contributed by atoms with Gasteiger partial charge in [-0.05, 0) is 17.0 Å². The summed E-state index contributed by atoms with van der Waals surface area (Å²) >= 11 is 3.48. The Balaban J connectivity index is 2.81. The first-order chi connectivity index (χ1) is 8.04. The number of nitrogens with zero attached hydrogens (tertiary/aromatic N) is 2. The molecule has 1 aromatic rings. The monoisotopic (exact) mass is 294 g/mol. The second kappa shape index (κ2) is 6.48. The molecule has 17 heavy (non-hydrogen) atoms. The first kappa shape index (κ1) is 13.8. The van der Waals surface area contributed by atoms with Crippen LogP contribution in [0.4, 0.5) is 0 Å². The molecule has 1 rings (SSSR count). The van der Waals surface area contributed by atoms with E-state index in [-0.39, 0.29) is 17.0 Å². The van der Waals surface area contributed by atoms with Crippen LogP contribution in [0.5, 0.6) is 0 Å². The molecule has 3 nitrogen and oxygen atoms in total. The molecule has 4 heteroatoms. The molecule has 0 radical (unpaired) electrons. The molecule has 0 saturated carbocycles. The summed E-state index contributed by atoms with van der Waals surface area (Å²) in [5.41, 5.74) is 10.6. The zero-order valence-corrected chi connectivity index (χ0v) is 11.5. The fraction of sp³-hybridized carbons (Fsp3) is 0.385. The zero-order chi connectivity index (χ0) is 12.8. The maximum atomic E-state index is 11.3. The number of carbonyl (C=O) groups is 1. The van der Waals surface area contributed by atoms with E-state index >= 15 is 0 Å². The summed E-state index contributed by atoms with van der Waals surface area (Å²) in [5, 5.41) is 0. The maximum absolute atomic E-state index is 11.3. The van der Waals surface area contributed by atoms with Crippen molar-refractivity contribution < 1.29 is 9.58 Å². The number of rotatable bonds is 5. The zero-order valence-electron chi connectivity index (χ0n) is 9.93. The van der Waals surface area contributed by atoms with Crippen LogP contribution in [-0.4, -0.2) is 16.8 Å². The van der Waals surface area contributed by atoms with Gasteiger partial charge in [0, 0.05) is 11.2 Å². The van der Waals surface area contributed by atoms with Gasteiger partial charge < -0.3 is 5.53 Å².